The van der Waals surface area contributed by atoms with E-state index >= 15 is 0 Å². The molecule has 0 saturated carbocycles. The minimum absolute atomic E-state index is 0.225. The largest absolute Gasteiger partial charge is 0.326 e. The van der Waals surface area contributed by atoms with Gasteiger partial charge in [-0.25, -0.2) is 8.78 Å². The Morgan fingerprint density at radius 1 is 1.05 bits per heavy atom. The summed E-state index contributed by atoms with van der Waals surface area (Å²) >= 11 is 0. The fourth-order valence-corrected chi connectivity index (χ4v) is 2.39. The Bertz CT molecular complexity index is 446. The van der Waals surface area contributed by atoms with Crippen molar-refractivity contribution in [2.45, 2.75) is 58.4 Å². The Morgan fingerprint density at radius 2 is 1.67 bits per heavy atom. The molecule has 1 unspecified atom stereocenters. The highest BCUT2D eigenvalue weighted by molar-refractivity contribution is 5.34. The molecule has 21 heavy (non-hydrogen) atoms. The van der Waals surface area contributed by atoms with Crippen molar-refractivity contribution >= 4 is 0 Å². The number of benzene rings is 1. The highest BCUT2D eigenvalue weighted by atomic mass is 19.3. The van der Waals surface area contributed by atoms with Gasteiger partial charge in [0.25, 0.3) is 0 Å². The molecule has 5 heteroatoms. The van der Waals surface area contributed by atoms with Crippen LogP contribution in [0.5, 0.6) is 0 Å². The van der Waals surface area contributed by atoms with Gasteiger partial charge in [-0.1, -0.05) is 39.0 Å². The Kier molecular flexibility index (Phi) is 6.65. The van der Waals surface area contributed by atoms with Gasteiger partial charge in [-0.2, -0.15) is 8.78 Å². The van der Waals surface area contributed by atoms with Crippen LogP contribution < -0.4 is 5.32 Å². The predicted octanol–water partition coefficient (Wildman–Crippen LogP) is 4.75. The Hall–Kier alpha value is -1.10. The molecule has 120 valence electrons. The second kappa shape index (κ2) is 7.78. The van der Waals surface area contributed by atoms with E-state index in [-0.39, 0.29) is 12.1 Å². The van der Waals surface area contributed by atoms with Gasteiger partial charge < -0.3 is 5.32 Å². The van der Waals surface area contributed by atoms with Gasteiger partial charge in [0.1, 0.15) is 6.04 Å². The highest BCUT2D eigenvalue weighted by Gasteiger charge is 2.49. The first kappa shape index (κ1) is 18.0. The van der Waals surface area contributed by atoms with Crippen LogP contribution in [0.2, 0.25) is 0 Å². The number of nitrogens with one attached hydrogen (secondary N) is 1. The zero-order valence-corrected chi connectivity index (χ0v) is 12.7. The maximum atomic E-state index is 13.8. The van der Waals surface area contributed by atoms with E-state index in [0.717, 1.165) is 17.5 Å². The van der Waals surface area contributed by atoms with E-state index in [1.807, 2.05) is 20.8 Å². The van der Waals surface area contributed by atoms with Crippen molar-refractivity contribution in [3.05, 3.63) is 34.9 Å². The third kappa shape index (κ3) is 4.19. The van der Waals surface area contributed by atoms with Crippen molar-refractivity contribution in [3.63, 3.8) is 0 Å². The normalized spacial score (nSPS) is 13.7. The number of halogens is 4. The molecule has 0 heterocycles. The van der Waals surface area contributed by atoms with E-state index < -0.39 is 18.4 Å². The van der Waals surface area contributed by atoms with Crippen molar-refractivity contribution in [2.24, 2.45) is 0 Å². The quantitative estimate of drug-likeness (QED) is 0.683. The molecule has 1 atom stereocenters. The van der Waals surface area contributed by atoms with Crippen LogP contribution in [-0.2, 0) is 12.8 Å². The molecule has 0 aromatic heterocycles. The second-order valence-electron chi connectivity index (χ2n) is 5.10. The number of hydrogen-bond acceptors (Lipinski definition) is 1. The average molecular weight is 305 g/mol. The first-order valence-electron chi connectivity index (χ1n) is 7.39. The summed E-state index contributed by atoms with van der Waals surface area (Å²) in [6.45, 7) is 5.99. The third-order valence-corrected chi connectivity index (χ3v) is 3.60. The van der Waals surface area contributed by atoms with Gasteiger partial charge in [-0.05, 0) is 42.5 Å². The first-order chi connectivity index (χ1) is 9.88. The summed E-state index contributed by atoms with van der Waals surface area (Å²) < 4.78 is 53.1. The molecule has 1 aromatic rings. The highest BCUT2D eigenvalue weighted by Crippen LogP contribution is 2.37. The standard InChI is InChI=1S/C16H23F4N/c1-4-9-21-14(16(19,20)15(17)18)13-8-7-11(5-2)12(6-3)10-13/h7-8,10,14-15,21H,4-6,9H2,1-3H3. The summed E-state index contributed by atoms with van der Waals surface area (Å²) in [5.41, 5.74) is 2.22. The monoisotopic (exact) mass is 305 g/mol. The van der Waals surface area contributed by atoms with Crippen molar-refractivity contribution in [2.75, 3.05) is 6.54 Å². The van der Waals surface area contributed by atoms with Crippen LogP contribution in [0.15, 0.2) is 18.2 Å². The minimum atomic E-state index is -4.09. The van der Waals surface area contributed by atoms with E-state index in [9.17, 15) is 17.6 Å². The SMILES string of the molecule is CCCNC(c1ccc(CC)c(CC)c1)C(F)(F)C(F)F. The Balaban J connectivity index is 3.20. The zero-order chi connectivity index (χ0) is 16.0. The number of hydrogen-bond donors (Lipinski definition) is 1. The van der Waals surface area contributed by atoms with Crippen LogP contribution in [0.4, 0.5) is 17.6 Å². The molecule has 1 rings (SSSR count). The number of rotatable bonds is 8. The molecular formula is C16H23F4N. The number of aryl methyl sites for hydroxylation is 2. The summed E-state index contributed by atoms with van der Waals surface area (Å²) in [5.74, 6) is -4.09. The van der Waals surface area contributed by atoms with Crippen molar-refractivity contribution < 1.29 is 17.6 Å². The Morgan fingerprint density at radius 3 is 2.14 bits per heavy atom. The summed E-state index contributed by atoms with van der Waals surface area (Å²) in [6.07, 6.45) is -1.61. The van der Waals surface area contributed by atoms with Gasteiger partial charge in [-0.15, -0.1) is 0 Å². The van der Waals surface area contributed by atoms with E-state index in [2.05, 4.69) is 5.32 Å². The molecule has 1 N–H and O–H groups in total. The van der Waals surface area contributed by atoms with Crippen LogP contribution in [0.1, 0.15) is 49.9 Å². The molecule has 0 radical (unpaired) electrons. The summed E-state index contributed by atoms with van der Waals surface area (Å²) in [5, 5.41) is 2.57. The summed E-state index contributed by atoms with van der Waals surface area (Å²) in [6, 6.07) is 3.26. The van der Waals surface area contributed by atoms with E-state index in [0.29, 0.717) is 12.8 Å². The second-order valence-corrected chi connectivity index (χ2v) is 5.10. The first-order valence-corrected chi connectivity index (χ1v) is 7.39. The van der Waals surface area contributed by atoms with Gasteiger partial charge >= 0.3 is 12.3 Å². The molecule has 0 amide bonds. The molecule has 1 nitrogen and oxygen atoms in total. The average Bonchev–Trinajstić information content (AvgIpc) is 2.46. The molecular weight excluding hydrogens is 282 g/mol. The maximum Gasteiger partial charge on any atom is 0.326 e. The molecule has 0 aliphatic rings. The smallest absolute Gasteiger partial charge is 0.305 e. The topological polar surface area (TPSA) is 12.0 Å². The van der Waals surface area contributed by atoms with E-state index in [4.69, 9.17) is 0 Å². The lowest BCUT2D eigenvalue weighted by Gasteiger charge is -2.28. The minimum Gasteiger partial charge on any atom is -0.305 e. The molecule has 0 fully saturated rings. The van der Waals surface area contributed by atoms with Crippen LogP contribution in [0.3, 0.4) is 0 Å². The number of alkyl halides is 4. The Labute approximate surface area is 123 Å². The zero-order valence-electron chi connectivity index (χ0n) is 12.7. The van der Waals surface area contributed by atoms with E-state index in [1.165, 1.54) is 6.07 Å². The lowest BCUT2D eigenvalue weighted by atomic mass is 9.94. The molecule has 0 bridgehead atoms. The van der Waals surface area contributed by atoms with Crippen molar-refractivity contribution in [1.82, 2.24) is 5.32 Å². The van der Waals surface area contributed by atoms with Gasteiger partial charge in [0.05, 0.1) is 0 Å². The van der Waals surface area contributed by atoms with E-state index in [1.54, 1.807) is 12.1 Å². The van der Waals surface area contributed by atoms with Gasteiger partial charge in [0.15, 0.2) is 0 Å². The van der Waals surface area contributed by atoms with Crippen LogP contribution in [0.25, 0.3) is 0 Å². The molecule has 0 spiro atoms. The van der Waals surface area contributed by atoms with Crippen LogP contribution in [-0.4, -0.2) is 18.9 Å². The fraction of sp³-hybridized carbons (Fsp3) is 0.625. The summed E-state index contributed by atoms with van der Waals surface area (Å²) in [4.78, 5) is 0. The van der Waals surface area contributed by atoms with Gasteiger partial charge in [0.2, 0.25) is 0 Å². The van der Waals surface area contributed by atoms with Gasteiger partial charge in [-0.3, -0.25) is 0 Å². The third-order valence-electron chi connectivity index (χ3n) is 3.60. The van der Waals surface area contributed by atoms with Crippen molar-refractivity contribution in [3.8, 4) is 0 Å². The van der Waals surface area contributed by atoms with Gasteiger partial charge in [0, 0.05) is 0 Å². The molecule has 0 saturated heterocycles. The lowest BCUT2D eigenvalue weighted by Crippen LogP contribution is -2.42. The van der Waals surface area contributed by atoms with Crippen LogP contribution >= 0.6 is 0 Å². The summed E-state index contributed by atoms with van der Waals surface area (Å²) in [7, 11) is 0. The van der Waals surface area contributed by atoms with Crippen molar-refractivity contribution in [1.29, 1.82) is 0 Å². The fourth-order valence-electron chi connectivity index (χ4n) is 2.39. The molecule has 0 aliphatic heterocycles. The predicted molar refractivity (Wildman–Crippen MR) is 77.2 cm³/mol. The van der Waals surface area contributed by atoms with Crippen LogP contribution in [0, 0.1) is 0 Å². The molecule has 0 aliphatic carbocycles. The maximum absolute atomic E-state index is 13.8. The molecule has 1 aromatic carbocycles. The lowest BCUT2D eigenvalue weighted by molar-refractivity contribution is -0.151.